The molecule has 1 aliphatic heterocycles. The SMILES string of the molecule is CCOC(=O)C(c1ccccc1Cl)N1CCc2ccsc2C1. The van der Waals surface area contributed by atoms with Gasteiger partial charge in [0.15, 0.2) is 0 Å². The van der Waals surface area contributed by atoms with Gasteiger partial charge in [-0.3, -0.25) is 4.90 Å². The van der Waals surface area contributed by atoms with E-state index in [0.717, 1.165) is 25.1 Å². The van der Waals surface area contributed by atoms with Crippen molar-refractivity contribution in [1.82, 2.24) is 4.90 Å². The second kappa shape index (κ2) is 6.82. The van der Waals surface area contributed by atoms with Gasteiger partial charge in [0.2, 0.25) is 0 Å². The Labute approximate surface area is 139 Å². The van der Waals surface area contributed by atoms with Crippen molar-refractivity contribution in [2.75, 3.05) is 13.2 Å². The maximum Gasteiger partial charge on any atom is 0.328 e. The number of carbonyl (C=O) groups is 1. The first-order valence-electron chi connectivity index (χ1n) is 7.41. The smallest absolute Gasteiger partial charge is 0.328 e. The molecule has 22 heavy (non-hydrogen) atoms. The molecule has 1 aromatic heterocycles. The lowest BCUT2D eigenvalue weighted by molar-refractivity contribution is -0.150. The number of esters is 1. The van der Waals surface area contributed by atoms with Crippen molar-refractivity contribution in [1.29, 1.82) is 0 Å². The van der Waals surface area contributed by atoms with Crippen LogP contribution in [-0.4, -0.2) is 24.0 Å². The Balaban J connectivity index is 1.93. The van der Waals surface area contributed by atoms with E-state index in [1.54, 1.807) is 11.3 Å². The summed E-state index contributed by atoms with van der Waals surface area (Å²) in [6.07, 6.45) is 0.958. The van der Waals surface area contributed by atoms with Gasteiger partial charge in [-0.1, -0.05) is 29.8 Å². The molecule has 0 fully saturated rings. The van der Waals surface area contributed by atoms with E-state index in [4.69, 9.17) is 16.3 Å². The average molecular weight is 336 g/mol. The Kier molecular flexibility index (Phi) is 4.81. The normalized spacial score (nSPS) is 16.1. The minimum atomic E-state index is -0.441. The van der Waals surface area contributed by atoms with Gasteiger partial charge >= 0.3 is 5.97 Å². The fraction of sp³-hybridized carbons (Fsp3) is 0.353. The number of rotatable bonds is 4. The number of benzene rings is 1. The van der Waals surface area contributed by atoms with Crippen molar-refractivity contribution < 1.29 is 9.53 Å². The number of halogens is 1. The summed E-state index contributed by atoms with van der Waals surface area (Å²) in [5, 5.41) is 2.72. The highest BCUT2D eigenvalue weighted by atomic mass is 35.5. The lowest BCUT2D eigenvalue weighted by Gasteiger charge is -2.33. The van der Waals surface area contributed by atoms with Gasteiger partial charge in [0.25, 0.3) is 0 Å². The van der Waals surface area contributed by atoms with E-state index in [1.807, 2.05) is 31.2 Å². The van der Waals surface area contributed by atoms with Crippen molar-refractivity contribution in [3.8, 4) is 0 Å². The largest absolute Gasteiger partial charge is 0.465 e. The topological polar surface area (TPSA) is 29.5 Å². The van der Waals surface area contributed by atoms with Gasteiger partial charge in [-0.2, -0.15) is 0 Å². The zero-order chi connectivity index (χ0) is 15.5. The third-order valence-corrected chi connectivity index (χ3v) is 5.22. The molecule has 116 valence electrons. The number of hydrogen-bond donors (Lipinski definition) is 0. The van der Waals surface area contributed by atoms with Crippen LogP contribution in [0.25, 0.3) is 0 Å². The summed E-state index contributed by atoms with van der Waals surface area (Å²) in [5.74, 6) is -0.226. The third-order valence-electron chi connectivity index (χ3n) is 3.93. The summed E-state index contributed by atoms with van der Waals surface area (Å²) in [6.45, 7) is 3.80. The zero-order valence-electron chi connectivity index (χ0n) is 12.4. The molecule has 5 heteroatoms. The molecule has 0 spiro atoms. The molecule has 0 aliphatic carbocycles. The van der Waals surface area contributed by atoms with Gasteiger partial charge in [0.1, 0.15) is 6.04 Å². The molecule has 0 bridgehead atoms. The van der Waals surface area contributed by atoms with Crippen molar-refractivity contribution in [2.45, 2.75) is 25.9 Å². The van der Waals surface area contributed by atoms with Gasteiger partial charge in [-0.25, -0.2) is 4.79 Å². The number of ether oxygens (including phenoxy) is 1. The highest BCUT2D eigenvalue weighted by Crippen LogP contribution is 2.34. The van der Waals surface area contributed by atoms with Crippen LogP contribution in [0, 0.1) is 0 Å². The van der Waals surface area contributed by atoms with Crippen LogP contribution in [0.2, 0.25) is 5.02 Å². The summed E-state index contributed by atoms with van der Waals surface area (Å²) >= 11 is 8.07. The first-order valence-corrected chi connectivity index (χ1v) is 8.66. The molecule has 1 atom stereocenters. The van der Waals surface area contributed by atoms with Crippen molar-refractivity contribution in [3.05, 3.63) is 56.7 Å². The summed E-state index contributed by atoms with van der Waals surface area (Å²) in [4.78, 5) is 16.0. The minimum Gasteiger partial charge on any atom is -0.465 e. The number of thiophene rings is 1. The van der Waals surface area contributed by atoms with Crippen LogP contribution in [0.5, 0.6) is 0 Å². The molecule has 0 radical (unpaired) electrons. The Morgan fingerprint density at radius 2 is 2.23 bits per heavy atom. The predicted octanol–water partition coefficient (Wildman–Crippen LogP) is 4.06. The standard InChI is InChI=1S/C17H18ClNO2S/c1-2-21-17(20)16(13-5-3-4-6-14(13)18)19-9-7-12-8-10-22-15(12)11-19/h3-6,8,10,16H,2,7,9,11H2,1H3. The van der Waals surface area contributed by atoms with E-state index in [0.29, 0.717) is 11.6 Å². The van der Waals surface area contributed by atoms with Crippen LogP contribution in [-0.2, 0) is 22.5 Å². The maximum atomic E-state index is 12.5. The van der Waals surface area contributed by atoms with Crippen LogP contribution < -0.4 is 0 Å². The van der Waals surface area contributed by atoms with Gasteiger partial charge in [0, 0.05) is 23.0 Å². The van der Waals surface area contributed by atoms with Crippen LogP contribution in [0.15, 0.2) is 35.7 Å². The van der Waals surface area contributed by atoms with Crippen molar-refractivity contribution in [2.24, 2.45) is 0 Å². The zero-order valence-corrected chi connectivity index (χ0v) is 14.0. The first kappa shape index (κ1) is 15.5. The van der Waals surface area contributed by atoms with E-state index in [2.05, 4.69) is 16.3 Å². The number of carbonyl (C=O) groups excluding carboxylic acids is 1. The van der Waals surface area contributed by atoms with Crippen molar-refractivity contribution >= 4 is 28.9 Å². The predicted molar refractivity (Wildman–Crippen MR) is 89.3 cm³/mol. The minimum absolute atomic E-state index is 0.226. The lowest BCUT2D eigenvalue weighted by Crippen LogP contribution is -2.38. The summed E-state index contributed by atoms with van der Waals surface area (Å²) in [6, 6.07) is 9.25. The number of hydrogen-bond acceptors (Lipinski definition) is 4. The van der Waals surface area contributed by atoms with E-state index >= 15 is 0 Å². The number of nitrogens with zero attached hydrogens (tertiary/aromatic N) is 1. The highest BCUT2D eigenvalue weighted by molar-refractivity contribution is 7.10. The fourth-order valence-corrected chi connectivity index (χ4v) is 4.06. The molecule has 3 nitrogen and oxygen atoms in total. The van der Waals surface area contributed by atoms with Gasteiger partial charge in [-0.15, -0.1) is 11.3 Å². The fourth-order valence-electron chi connectivity index (χ4n) is 2.87. The molecule has 0 N–H and O–H groups in total. The summed E-state index contributed by atoms with van der Waals surface area (Å²) in [7, 11) is 0. The summed E-state index contributed by atoms with van der Waals surface area (Å²) in [5.41, 5.74) is 2.21. The number of fused-ring (bicyclic) bond motifs is 1. The van der Waals surface area contributed by atoms with Gasteiger partial charge in [0.05, 0.1) is 6.61 Å². The molecule has 2 aromatic rings. The van der Waals surface area contributed by atoms with Crippen LogP contribution >= 0.6 is 22.9 Å². The second-order valence-electron chi connectivity index (χ2n) is 5.27. The van der Waals surface area contributed by atoms with Crippen molar-refractivity contribution in [3.63, 3.8) is 0 Å². The van der Waals surface area contributed by atoms with E-state index in [9.17, 15) is 4.79 Å². The Morgan fingerprint density at radius 1 is 1.41 bits per heavy atom. The molecule has 0 saturated heterocycles. The Bertz CT molecular complexity index is 670. The molecule has 1 unspecified atom stereocenters. The Hall–Kier alpha value is -1.36. The maximum absolute atomic E-state index is 12.5. The van der Waals surface area contributed by atoms with E-state index < -0.39 is 6.04 Å². The van der Waals surface area contributed by atoms with Crippen LogP contribution in [0.3, 0.4) is 0 Å². The molecule has 2 heterocycles. The third kappa shape index (κ3) is 3.05. The lowest BCUT2D eigenvalue weighted by atomic mass is 10.0. The first-order chi connectivity index (χ1) is 10.7. The van der Waals surface area contributed by atoms with Crippen LogP contribution in [0.1, 0.15) is 29.0 Å². The van der Waals surface area contributed by atoms with Gasteiger partial charge in [-0.05, 0) is 42.0 Å². The molecular formula is C17H18ClNO2S. The quantitative estimate of drug-likeness (QED) is 0.789. The molecule has 1 aliphatic rings. The molecule has 3 rings (SSSR count). The molecule has 1 aromatic carbocycles. The molecule has 0 amide bonds. The molecule has 0 saturated carbocycles. The van der Waals surface area contributed by atoms with Crippen LogP contribution in [0.4, 0.5) is 0 Å². The van der Waals surface area contributed by atoms with E-state index in [-0.39, 0.29) is 5.97 Å². The van der Waals surface area contributed by atoms with E-state index in [1.165, 1.54) is 10.4 Å². The second-order valence-corrected chi connectivity index (χ2v) is 6.67. The van der Waals surface area contributed by atoms with Gasteiger partial charge < -0.3 is 4.74 Å². The average Bonchev–Trinajstić information content (AvgIpc) is 2.97. The monoisotopic (exact) mass is 335 g/mol. The molecular weight excluding hydrogens is 318 g/mol. The highest BCUT2D eigenvalue weighted by Gasteiger charge is 2.33. The summed E-state index contributed by atoms with van der Waals surface area (Å²) < 4.78 is 5.30. The Morgan fingerprint density at radius 3 is 3.00 bits per heavy atom.